The van der Waals surface area contributed by atoms with E-state index in [2.05, 4.69) is 9.88 Å². The van der Waals surface area contributed by atoms with Crippen molar-refractivity contribution in [1.29, 1.82) is 0 Å². The van der Waals surface area contributed by atoms with Gasteiger partial charge in [-0.2, -0.15) is 0 Å². The van der Waals surface area contributed by atoms with E-state index in [1.54, 1.807) is 0 Å². The van der Waals surface area contributed by atoms with Gasteiger partial charge in [0.15, 0.2) is 0 Å². The van der Waals surface area contributed by atoms with E-state index < -0.39 is 0 Å². The van der Waals surface area contributed by atoms with Gasteiger partial charge in [0.2, 0.25) is 0 Å². The molecule has 1 fully saturated rings. The van der Waals surface area contributed by atoms with Gasteiger partial charge in [-0.25, -0.2) is 4.98 Å². The Bertz CT molecular complexity index is 364. The van der Waals surface area contributed by atoms with Gasteiger partial charge in [0.25, 0.3) is 0 Å². The number of rotatable bonds is 5. The highest BCUT2D eigenvalue weighted by Crippen LogP contribution is 2.26. The summed E-state index contributed by atoms with van der Waals surface area (Å²) < 4.78 is 0. The number of aromatic nitrogens is 1. The first-order chi connectivity index (χ1) is 8.85. The van der Waals surface area contributed by atoms with Crippen LogP contribution in [0.2, 0.25) is 0 Å². The molecule has 0 radical (unpaired) electrons. The van der Waals surface area contributed by atoms with Gasteiger partial charge in [-0.3, -0.25) is 0 Å². The minimum absolute atomic E-state index is 0.172. The Balaban J connectivity index is 2.16. The number of nitrogens with two attached hydrogens (primary N) is 1. The number of pyridine rings is 1. The van der Waals surface area contributed by atoms with Crippen LogP contribution in [0.1, 0.15) is 37.7 Å². The van der Waals surface area contributed by atoms with Gasteiger partial charge in [-0.1, -0.05) is 19.3 Å². The zero-order chi connectivity index (χ0) is 12.8. The molecule has 0 aliphatic heterocycles. The number of aliphatic hydroxyl groups is 1. The molecule has 0 aromatic carbocycles. The molecule has 1 aliphatic rings. The summed E-state index contributed by atoms with van der Waals surface area (Å²) in [5, 5.41) is 9.26. The minimum Gasteiger partial charge on any atom is -0.395 e. The maximum atomic E-state index is 9.26. The molecule has 0 saturated heterocycles. The Labute approximate surface area is 109 Å². The lowest BCUT2D eigenvalue weighted by Gasteiger charge is -2.35. The predicted molar refractivity (Wildman–Crippen MR) is 73.4 cm³/mol. The van der Waals surface area contributed by atoms with E-state index in [-0.39, 0.29) is 6.61 Å². The van der Waals surface area contributed by atoms with Crippen LogP contribution in [-0.4, -0.2) is 29.3 Å². The van der Waals surface area contributed by atoms with E-state index in [1.807, 2.05) is 18.3 Å². The molecule has 1 heterocycles. The van der Waals surface area contributed by atoms with Crippen molar-refractivity contribution in [3.05, 3.63) is 23.9 Å². The van der Waals surface area contributed by atoms with E-state index in [0.29, 0.717) is 19.1 Å². The number of anilines is 1. The molecular weight excluding hydrogens is 226 g/mol. The second-order valence-corrected chi connectivity index (χ2v) is 4.94. The SMILES string of the molecule is NCc1ccnc(N(CCO)C2CCCCC2)c1. The minimum atomic E-state index is 0.172. The smallest absolute Gasteiger partial charge is 0.129 e. The van der Waals surface area contributed by atoms with Gasteiger partial charge in [-0.15, -0.1) is 0 Å². The Morgan fingerprint density at radius 1 is 1.33 bits per heavy atom. The summed E-state index contributed by atoms with van der Waals surface area (Å²) in [6, 6.07) is 4.51. The first-order valence-corrected chi connectivity index (χ1v) is 6.87. The molecule has 3 N–H and O–H groups in total. The molecule has 1 aromatic rings. The van der Waals surface area contributed by atoms with Crippen LogP contribution in [-0.2, 0) is 6.54 Å². The van der Waals surface area contributed by atoms with E-state index in [9.17, 15) is 5.11 Å². The summed E-state index contributed by atoms with van der Waals surface area (Å²) in [5.74, 6) is 0.957. The third-order valence-corrected chi connectivity index (χ3v) is 3.70. The fraction of sp³-hybridized carbons (Fsp3) is 0.643. The largest absolute Gasteiger partial charge is 0.395 e. The Morgan fingerprint density at radius 3 is 2.78 bits per heavy atom. The van der Waals surface area contributed by atoms with E-state index >= 15 is 0 Å². The molecule has 1 aromatic heterocycles. The highest BCUT2D eigenvalue weighted by molar-refractivity contribution is 5.42. The van der Waals surface area contributed by atoms with Gasteiger partial charge in [-0.05, 0) is 30.5 Å². The van der Waals surface area contributed by atoms with Crippen LogP contribution in [0.15, 0.2) is 18.3 Å². The van der Waals surface area contributed by atoms with Gasteiger partial charge in [0.1, 0.15) is 5.82 Å². The highest BCUT2D eigenvalue weighted by Gasteiger charge is 2.21. The van der Waals surface area contributed by atoms with Gasteiger partial charge in [0, 0.05) is 25.3 Å². The average molecular weight is 249 g/mol. The third-order valence-electron chi connectivity index (χ3n) is 3.70. The van der Waals surface area contributed by atoms with Crippen molar-refractivity contribution in [2.24, 2.45) is 5.73 Å². The zero-order valence-corrected chi connectivity index (χ0v) is 10.9. The van der Waals surface area contributed by atoms with Crippen LogP contribution in [0.5, 0.6) is 0 Å². The fourth-order valence-corrected chi connectivity index (χ4v) is 2.73. The number of hydrogen-bond acceptors (Lipinski definition) is 4. The molecule has 1 saturated carbocycles. The van der Waals surface area contributed by atoms with Crippen molar-refractivity contribution in [3.63, 3.8) is 0 Å². The summed E-state index contributed by atoms with van der Waals surface area (Å²) in [6.07, 6.45) is 8.11. The lowest BCUT2D eigenvalue weighted by molar-refractivity contribution is 0.289. The molecule has 2 rings (SSSR count). The van der Waals surface area contributed by atoms with Crippen LogP contribution in [0.4, 0.5) is 5.82 Å². The van der Waals surface area contributed by atoms with Crippen molar-refractivity contribution in [2.75, 3.05) is 18.1 Å². The van der Waals surface area contributed by atoms with Crippen LogP contribution >= 0.6 is 0 Å². The van der Waals surface area contributed by atoms with Crippen LogP contribution in [0.3, 0.4) is 0 Å². The molecule has 0 unspecified atom stereocenters. The fourth-order valence-electron chi connectivity index (χ4n) is 2.73. The lowest BCUT2D eigenvalue weighted by Crippen LogP contribution is -2.39. The highest BCUT2D eigenvalue weighted by atomic mass is 16.3. The van der Waals surface area contributed by atoms with Crippen molar-refractivity contribution >= 4 is 5.82 Å². The van der Waals surface area contributed by atoms with E-state index in [0.717, 1.165) is 11.4 Å². The summed E-state index contributed by atoms with van der Waals surface area (Å²) in [6.45, 7) is 1.36. The zero-order valence-electron chi connectivity index (χ0n) is 10.9. The number of nitrogens with zero attached hydrogens (tertiary/aromatic N) is 2. The summed E-state index contributed by atoms with van der Waals surface area (Å²) in [5.41, 5.74) is 6.77. The molecule has 18 heavy (non-hydrogen) atoms. The van der Waals surface area contributed by atoms with E-state index in [4.69, 9.17) is 5.73 Å². The lowest BCUT2D eigenvalue weighted by atomic mass is 9.94. The Kier molecular flexibility index (Phi) is 4.96. The van der Waals surface area contributed by atoms with Crippen LogP contribution in [0.25, 0.3) is 0 Å². The molecule has 1 aliphatic carbocycles. The molecule has 0 atom stereocenters. The predicted octanol–water partition coefficient (Wildman–Crippen LogP) is 1.67. The summed E-state index contributed by atoms with van der Waals surface area (Å²) in [7, 11) is 0. The van der Waals surface area contributed by atoms with E-state index in [1.165, 1.54) is 32.1 Å². The maximum Gasteiger partial charge on any atom is 0.129 e. The van der Waals surface area contributed by atoms with Crippen molar-refractivity contribution in [1.82, 2.24) is 4.98 Å². The Hall–Kier alpha value is -1.13. The van der Waals surface area contributed by atoms with Crippen molar-refractivity contribution < 1.29 is 5.11 Å². The van der Waals surface area contributed by atoms with Gasteiger partial charge >= 0.3 is 0 Å². The first kappa shape index (κ1) is 13.3. The maximum absolute atomic E-state index is 9.26. The molecular formula is C14H23N3O. The summed E-state index contributed by atoms with van der Waals surface area (Å²) in [4.78, 5) is 6.69. The normalized spacial score (nSPS) is 16.8. The molecule has 0 spiro atoms. The van der Waals surface area contributed by atoms with Crippen molar-refractivity contribution in [3.8, 4) is 0 Å². The van der Waals surface area contributed by atoms with Crippen LogP contribution in [0, 0.1) is 0 Å². The second-order valence-electron chi connectivity index (χ2n) is 4.94. The molecule has 4 heteroatoms. The Morgan fingerprint density at radius 2 is 2.11 bits per heavy atom. The van der Waals surface area contributed by atoms with Crippen molar-refractivity contribution in [2.45, 2.75) is 44.7 Å². The molecule has 0 amide bonds. The monoisotopic (exact) mass is 249 g/mol. The molecule has 100 valence electrons. The standard InChI is InChI=1S/C14H23N3O/c15-11-12-6-7-16-14(10-12)17(8-9-18)13-4-2-1-3-5-13/h6-7,10,13,18H,1-5,8-9,11,15H2. The number of aliphatic hydroxyl groups excluding tert-OH is 1. The number of hydrogen-bond donors (Lipinski definition) is 2. The second kappa shape index (κ2) is 6.71. The van der Waals surface area contributed by atoms with Gasteiger partial charge in [0.05, 0.1) is 6.61 Å². The summed E-state index contributed by atoms with van der Waals surface area (Å²) >= 11 is 0. The topological polar surface area (TPSA) is 62.4 Å². The average Bonchev–Trinajstić information content (AvgIpc) is 2.46. The first-order valence-electron chi connectivity index (χ1n) is 6.87. The van der Waals surface area contributed by atoms with Crippen LogP contribution < -0.4 is 10.6 Å². The molecule has 0 bridgehead atoms. The third kappa shape index (κ3) is 3.21. The van der Waals surface area contributed by atoms with Gasteiger partial charge < -0.3 is 15.7 Å². The molecule has 4 nitrogen and oxygen atoms in total. The quantitative estimate of drug-likeness (QED) is 0.833.